The van der Waals surface area contributed by atoms with E-state index < -0.39 is 0 Å². The highest BCUT2D eigenvalue weighted by Crippen LogP contribution is 1.98. The average molecular weight is 201 g/mol. The molecule has 0 aromatic rings. The molecule has 0 aliphatic heterocycles. The lowest BCUT2D eigenvalue weighted by Gasteiger charge is -2.06. The Morgan fingerprint density at radius 2 is 1.79 bits per heavy atom. The first kappa shape index (κ1) is 13.2. The summed E-state index contributed by atoms with van der Waals surface area (Å²) in [6.07, 6.45) is 1.08. The largest absolute Gasteiger partial charge is 0.379 e. The molecule has 0 saturated heterocycles. The zero-order valence-electron chi connectivity index (χ0n) is 8.98. The highest BCUT2D eigenvalue weighted by Gasteiger charge is 1.93. The van der Waals surface area contributed by atoms with Gasteiger partial charge in [0.15, 0.2) is 0 Å². The molecule has 5 heteroatoms. The lowest BCUT2D eigenvalue weighted by molar-refractivity contribution is 0.0468. The van der Waals surface area contributed by atoms with E-state index >= 15 is 0 Å². The molecule has 5 nitrogen and oxygen atoms in total. The van der Waals surface area contributed by atoms with Crippen molar-refractivity contribution in [2.45, 2.75) is 20.3 Å². The van der Waals surface area contributed by atoms with Crippen molar-refractivity contribution in [3.63, 3.8) is 0 Å². The molecule has 0 saturated carbocycles. The van der Waals surface area contributed by atoms with Gasteiger partial charge in [0, 0.05) is 18.1 Å². The van der Waals surface area contributed by atoms with Gasteiger partial charge in [-0.2, -0.15) is 0 Å². The molecule has 0 aliphatic rings. The van der Waals surface area contributed by atoms with Gasteiger partial charge in [0.05, 0.1) is 19.8 Å². The molecule has 0 fully saturated rings. The summed E-state index contributed by atoms with van der Waals surface area (Å²) in [4.78, 5) is 2.62. The summed E-state index contributed by atoms with van der Waals surface area (Å²) >= 11 is 0. The van der Waals surface area contributed by atoms with Gasteiger partial charge in [-0.05, 0) is 17.9 Å². The van der Waals surface area contributed by atoms with Crippen LogP contribution < -0.4 is 0 Å². The van der Waals surface area contributed by atoms with Crippen LogP contribution in [-0.2, 0) is 9.47 Å². The number of ether oxygens (including phenoxy) is 2. The van der Waals surface area contributed by atoms with Crippen LogP contribution in [0.25, 0.3) is 10.4 Å². The molecule has 0 radical (unpaired) electrons. The summed E-state index contributed by atoms with van der Waals surface area (Å²) in [6, 6.07) is 0. The molecule has 82 valence electrons. The summed E-state index contributed by atoms with van der Waals surface area (Å²) in [6.45, 7) is 7.17. The van der Waals surface area contributed by atoms with Crippen LogP contribution in [0.3, 0.4) is 0 Å². The third kappa shape index (κ3) is 11.2. The topological polar surface area (TPSA) is 67.2 Å². The van der Waals surface area contributed by atoms with Crippen LogP contribution in [0.15, 0.2) is 5.11 Å². The minimum atomic E-state index is 0.391. The number of hydrogen-bond donors (Lipinski definition) is 0. The Hall–Kier alpha value is -0.770. The fraction of sp³-hybridized carbons (Fsp3) is 1.00. The van der Waals surface area contributed by atoms with Crippen molar-refractivity contribution in [2.24, 2.45) is 11.0 Å². The third-order valence-corrected chi connectivity index (χ3v) is 1.61. The smallest absolute Gasteiger partial charge is 0.0700 e. The lowest BCUT2D eigenvalue weighted by Crippen LogP contribution is -2.08. The quantitative estimate of drug-likeness (QED) is 0.249. The number of azide groups is 1. The predicted molar refractivity (Wildman–Crippen MR) is 55.1 cm³/mol. The van der Waals surface area contributed by atoms with Crippen LogP contribution in [-0.4, -0.2) is 33.0 Å². The van der Waals surface area contributed by atoms with Crippen molar-refractivity contribution in [1.29, 1.82) is 0 Å². The van der Waals surface area contributed by atoms with Crippen LogP contribution in [0, 0.1) is 5.92 Å². The predicted octanol–water partition coefficient (Wildman–Crippen LogP) is 2.38. The second kappa shape index (κ2) is 10.3. The van der Waals surface area contributed by atoms with Gasteiger partial charge in [-0.15, -0.1) is 0 Å². The first-order valence-electron chi connectivity index (χ1n) is 4.93. The first-order valence-corrected chi connectivity index (χ1v) is 4.93. The van der Waals surface area contributed by atoms with Gasteiger partial charge in [0.1, 0.15) is 0 Å². The summed E-state index contributed by atoms with van der Waals surface area (Å²) in [5, 5.41) is 3.34. The van der Waals surface area contributed by atoms with Crippen LogP contribution in [0.4, 0.5) is 0 Å². The summed E-state index contributed by atoms with van der Waals surface area (Å²) in [5.41, 5.74) is 7.97. The van der Waals surface area contributed by atoms with Gasteiger partial charge in [-0.3, -0.25) is 0 Å². The standard InChI is InChI=1S/C9H19N3O2/c1-9(2)3-5-13-7-8-14-6-4-11-12-10/h9H,3-8H2,1-2H3. The first-order chi connectivity index (χ1) is 6.77. The maximum Gasteiger partial charge on any atom is 0.0700 e. The third-order valence-electron chi connectivity index (χ3n) is 1.61. The van der Waals surface area contributed by atoms with Gasteiger partial charge >= 0.3 is 0 Å². The van der Waals surface area contributed by atoms with E-state index in [9.17, 15) is 0 Å². The molecule has 0 bridgehead atoms. The fourth-order valence-corrected chi connectivity index (χ4v) is 0.791. The Morgan fingerprint density at radius 3 is 2.36 bits per heavy atom. The molecule has 0 atom stereocenters. The van der Waals surface area contributed by atoms with Gasteiger partial charge in [0.25, 0.3) is 0 Å². The lowest BCUT2D eigenvalue weighted by atomic mass is 10.1. The van der Waals surface area contributed by atoms with E-state index in [-0.39, 0.29) is 0 Å². The highest BCUT2D eigenvalue weighted by atomic mass is 16.5. The maximum absolute atomic E-state index is 7.97. The summed E-state index contributed by atoms with van der Waals surface area (Å²) in [7, 11) is 0. The Labute approximate surface area is 85.0 Å². The monoisotopic (exact) mass is 201 g/mol. The second-order valence-corrected chi connectivity index (χ2v) is 3.36. The zero-order chi connectivity index (χ0) is 10.6. The SMILES string of the molecule is CC(C)CCOCCOCCN=[N+]=[N-]. The van der Waals surface area contributed by atoms with Crippen LogP contribution in [0.2, 0.25) is 0 Å². The Kier molecular flexibility index (Phi) is 9.74. The fourth-order valence-electron chi connectivity index (χ4n) is 0.791. The van der Waals surface area contributed by atoms with Crippen LogP contribution in [0.5, 0.6) is 0 Å². The van der Waals surface area contributed by atoms with Gasteiger partial charge in [0.2, 0.25) is 0 Å². The van der Waals surface area contributed by atoms with Gasteiger partial charge in [-0.25, -0.2) is 0 Å². The van der Waals surface area contributed by atoms with Crippen molar-refractivity contribution >= 4 is 0 Å². The molecule has 0 aliphatic carbocycles. The van der Waals surface area contributed by atoms with Crippen molar-refractivity contribution in [3.05, 3.63) is 10.4 Å². The van der Waals surface area contributed by atoms with Gasteiger partial charge < -0.3 is 9.47 Å². The number of rotatable bonds is 9. The molecule has 0 aromatic carbocycles. The zero-order valence-corrected chi connectivity index (χ0v) is 8.98. The average Bonchev–Trinajstić information content (AvgIpc) is 2.15. The maximum atomic E-state index is 7.97. The molecule has 0 rings (SSSR count). The van der Waals surface area contributed by atoms with E-state index in [1.54, 1.807) is 0 Å². The van der Waals surface area contributed by atoms with Crippen molar-refractivity contribution in [1.82, 2.24) is 0 Å². The van der Waals surface area contributed by atoms with E-state index in [4.69, 9.17) is 15.0 Å². The number of nitrogens with zero attached hydrogens (tertiary/aromatic N) is 3. The molecular weight excluding hydrogens is 182 g/mol. The molecule has 0 heterocycles. The minimum Gasteiger partial charge on any atom is -0.379 e. The van der Waals surface area contributed by atoms with Crippen molar-refractivity contribution in [2.75, 3.05) is 33.0 Å². The molecule has 0 unspecified atom stereocenters. The van der Waals surface area contributed by atoms with Crippen molar-refractivity contribution in [3.8, 4) is 0 Å². The van der Waals surface area contributed by atoms with E-state index in [1.807, 2.05) is 0 Å². The minimum absolute atomic E-state index is 0.391. The van der Waals surface area contributed by atoms with Gasteiger partial charge in [-0.1, -0.05) is 19.0 Å². The molecule has 0 aromatic heterocycles. The highest BCUT2D eigenvalue weighted by molar-refractivity contribution is 4.45. The van der Waals surface area contributed by atoms with Crippen molar-refractivity contribution < 1.29 is 9.47 Å². The molecule has 0 N–H and O–H groups in total. The summed E-state index contributed by atoms with van der Waals surface area (Å²) < 4.78 is 10.5. The Morgan fingerprint density at radius 1 is 1.14 bits per heavy atom. The van der Waals surface area contributed by atoms with E-state index in [0.717, 1.165) is 13.0 Å². The molecule has 0 amide bonds. The second-order valence-electron chi connectivity index (χ2n) is 3.36. The number of hydrogen-bond acceptors (Lipinski definition) is 3. The van der Waals surface area contributed by atoms with E-state index in [0.29, 0.717) is 32.3 Å². The molecule has 14 heavy (non-hydrogen) atoms. The normalized spacial score (nSPS) is 10.2. The van der Waals surface area contributed by atoms with E-state index in [2.05, 4.69) is 23.9 Å². The van der Waals surface area contributed by atoms with E-state index in [1.165, 1.54) is 0 Å². The summed E-state index contributed by atoms with van der Waals surface area (Å²) in [5.74, 6) is 0.681. The Bertz CT molecular complexity index is 167. The Balaban J connectivity index is 2.95. The molecular formula is C9H19N3O2. The van der Waals surface area contributed by atoms with Crippen LogP contribution >= 0.6 is 0 Å². The molecule has 0 spiro atoms. The van der Waals surface area contributed by atoms with Crippen LogP contribution in [0.1, 0.15) is 20.3 Å².